The predicted octanol–water partition coefficient (Wildman–Crippen LogP) is 1.13. The maximum absolute atomic E-state index is 12.0. The third kappa shape index (κ3) is 2.21. The maximum Gasteiger partial charge on any atom is 0.260 e. The lowest BCUT2D eigenvalue weighted by Crippen LogP contribution is -2.44. The average molecular weight is 259 g/mol. The van der Waals surface area contributed by atoms with Gasteiger partial charge < -0.3 is 10.0 Å². The highest BCUT2D eigenvalue weighted by Gasteiger charge is 2.25. The van der Waals surface area contributed by atoms with Crippen molar-refractivity contribution in [3.8, 4) is 0 Å². The van der Waals surface area contributed by atoms with Crippen LogP contribution in [0.2, 0.25) is 0 Å². The van der Waals surface area contributed by atoms with Gasteiger partial charge in [-0.15, -0.1) is 0 Å². The lowest BCUT2D eigenvalue weighted by molar-refractivity contribution is 0.102. The van der Waals surface area contributed by atoms with Crippen LogP contribution in [-0.4, -0.2) is 34.3 Å². The van der Waals surface area contributed by atoms with E-state index in [0.717, 1.165) is 13.0 Å². The molecule has 3 rings (SSSR count). The molecule has 19 heavy (non-hydrogen) atoms. The number of nitrogens with zero attached hydrogens (tertiary/aromatic N) is 2. The molecule has 0 aliphatic carbocycles. The van der Waals surface area contributed by atoms with Crippen molar-refractivity contribution >= 4 is 16.9 Å². The summed E-state index contributed by atoms with van der Waals surface area (Å²) in [7, 11) is 0. The minimum atomic E-state index is -0.370. The molecule has 0 bridgehead atoms. The van der Waals surface area contributed by atoms with E-state index in [1.165, 1.54) is 0 Å². The second kappa shape index (κ2) is 4.66. The fraction of sp³-hybridized carbons (Fsp3) is 0.429. The first-order chi connectivity index (χ1) is 9.15. The van der Waals surface area contributed by atoms with Crippen molar-refractivity contribution in [2.45, 2.75) is 19.4 Å². The van der Waals surface area contributed by atoms with Crippen molar-refractivity contribution in [2.24, 2.45) is 5.92 Å². The number of aromatic amines is 1. The number of aliphatic hydroxyl groups is 1. The third-order valence-electron chi connectivity index (χ3n) is 3.82. The molecule has 1 aliphatic rings. The Morgan fingerprint density at radius 1 is 1.42 bits per heavy atom. The first-order valence-corrected chi connectivity index (χ1v) is 6.57. The van der Waals surface area contributed by atoms with E-state index in [4.69, 9.17) is 0 Å². The summed E-state index contributed by atoms with van der Waals surface area (Å²) in [6.45, 7) is 3.36. The number of para-hydroxylation sites is 1. The quantitative estimate of drug-likeness (QED) is 0.805. The number of aliphatic hydroxyl groups excluding tert-OH is 1. The first kappa shape index (κ1) is 12.2. The number of hydrogen-bond acceptors (Lipinski definition) is 4. The molecular formula is C14H17N3O2. The molecule has 0 saturated carbocycles. The molecule has 1 fully saturated rings. The summed E-state index contributed by atoms with van der Waals surface area (Å²) >= 11 is 0. The van der Waals surface area contributed by atoms with Crippen molar-refractivity contribution in [3.05, 3.63) is 34.6 Å². The van der Waals surface area contributed by atoms with Gasteiger partial charge in [0.2, 0.25) is 5.95 Å². The van der Waals surface area contributed by atoms with Gasteiger partial charge in [-0.05, 0) is 24.5 Å². The van der Waals surface area contributed by atoms with E-state index in [1.54, 1.807) is 6.07 Å². The SMILES string of the molecule is CC1CCN(c2nc3ccccc3c(=O)[nH]2)CC1O. The van der Waals surface area contributed by atoms with E-state index in [1.807, 2.05) is 30.0 Å². The van der Waals surface area contributed by atoms with Gasteiger partial charge in [0.15, 0.2) is 0 Å². The van der Waals surface area contributed by atoms with Crippen molar-refractivity contribution in [1.82, 2.24) is 9.97 Å². The Morgan fingerprint density at radius 3 is 3.00 bits per heavy atom. The molecule has 1 aromatic heterocycles. The maximum atomic E-state index is 12.0. The lowest BCUT2D eigenvalue weighted by atomic mass is 9.96. The number of H-pyrrole nitrogens is 1. The Bertz CT molecular complexity index is 652. The zero-order valence-corrected chi connectivity index (χ0v) is 10.8. The van der Waals surface area contributed by atoms with E-state index in [9.17, 15) is 9.90 Å². The van der Waals surface area contributed by atoms with Gasteiger partial charge in [-0.3, -0.25) is 9.78 Å². The molecular weight excluding hydrogens is 242 g/mol. The average Bonchev–Trinajstić information content (AvgIpc) is 2.42. The monoisotopic (exact) mass is 259 g/mol. The zero-order valence-electron chi connectivity index (χ0n) is 10.8. The molecule has 0 radical (unpaired) electrons. The number of hydrogen-bond donors (Lipinski definition) is 2. The van der Waals surface area contributed by atoms with Gasteiger partial charge in [-0.25, -0.2) is 4.98 Å². The highest BCUT2D eigenvalue weighted by Crippen LogP contribution is 2.20. The van der Waals surface area contributed by atoms with Crippen LogP contribution < -0.4 is 10.5 Å². The molecule has 5 nitrogen and oxygen atoms in total. The lowest BCUT2D eigenvalue weighted by Gasteiger charge is -2.34. The standard InChI is InChI=1S/C14H17N3O2/c1-9-6-7-17(8-12(9)18)14-15-11-5-3-2-4-10(11)13(19)16-14/h2-5,9,12,18H,6-8H2,1H3,(H,15,16,19). The normalized spacial score (nSPS) is 23.8. The predicted molar refractivity (Wildman–Crippen MR) is 74.4 cm³/mol. The van der Waals surface area contributed by atoms with Gasteiger partial charge in [0, 0.05) is 13.1 Å². The minimum Gasteiger partial charge on any atom is -0.391 e. The number of piperidine rings is 1. The summed E-state index contributed by atoms with van der Waals surface area (Å²) in [5, 5.41) is 10.5. The molecule has 2 aromatic rings. The highest BCUT2D eigenvalue weighted by molar-refractivity contribution is 5.78. The van der Waals surface area contributed by atoms with E-state index >= 15 is 0 Å². The molecule has 0 spiro atoms. The summed E-state index contributed by atoms with van der Waals surface area (Å²) < 4.78 is 0. The van der Waals surface area contributed by atoms with Gasteiger partial charge >= 0.3 is 0 Å². The van der Waals surface area contributed by atoms with Crippen LogP contribution in [0.5, 0.6) is 0 Å². The van der Waals surface area contributed by atoms with Gasteiger partial charge in [0.1, 0.15) is 0 Å². The summed E-state index contributed by atoms with van der Waals surface area (Å²) in [6.07, 6.45) is 0.531. The number of anilines is 1. The van der Waals surface area contributed by atoms with Crippen LogP contribution >= 0.6 is 0 Å². The molecule has 100 valence electrons. The largest absolute Gasteiger partial charge is 0.391 e. The fourth-order valence-corrected chi connectivity index (χ4v) is 2.47. The number of benzene rings is 1. The van der Waals surface area contributed by atoms with Crippen LogP contribution in [-0.2, 0) is 0 Å². The minimum absolute atomic E-state index is 0.131. The molecule has 1 saturated heterocycles. The van der Waals surface area contributed by atoms with Crippen LogP contribution in [0, 0.1) is 5.92 Å². The highest BCUT2D eigenvalue weighted by atomic mass is 16.3. The Labute approximate surface area is 110 Å². The number of rotatable bonds is 1. The number of β-amino-alcohol motifs (C(OH)–C–C–N with tert-alkyl or cyclic N) is 1. The van der Waals surface area contributed by atoms with Gasteiger partial charge in [0.25, 0.3) is 5.56 Å². The zero-order chi connectivity index (χ0) is 13.4. The molecule has 1 aliphatic heterocycles. The molecule has 2 heterocycles. The smallest absolute Gasteiger partial charge is 0.260 e. The second-order valence-electron chi connectivity index (χ2n) is 5.19. The molecule has 5 heteroatoms. The van der Waals surface area contributed by atoms with Crippen LogP contribution in [0.15, 0.2) is 29.1 Å². The van der Waals surface area contributed by atoms with Crippen LogP contribution in [0.3, 0.4) is 0 Å². The molecule has 2 N–H and O–H groups in total. The third-order valence-corrected chi connectivity index (χ3v) is 3.82. The summed E-state index contributed by atoms with van der Waals surface area (Å²) in [4.78, 5) is 21.2. The number of aromatic nitrogens is 2. The van der Waals surface area contributed by atoms with E-state index in [2.05, 4.69) is 9.97 Å². The molecule has 0 amide bonds. The van der Waals surface area contributed by atoms with Gasteiger partial charge in [-0.1, -0.05) is 19.1 Å². The van der Waals surface area contributed by atoms with Crippen LogP contribution in [0.1, 0.15) is 13.3 Å². The second-order valence-corrected chi connectivity index (χ2v) is 5.19. The van der Waals surface area contributed by atoms with Crippen molar-refractivity contribution in [3.63, 3.8) is 0 Å². The topological polar surface area (TPSA) is 69.2 Å². The summed E-state index contributed by atoms with van der Waals surface area (Å²) in [5.41, 5.74) is 0.558. The molecule has 1 aromatic carbocycles. The van der Waals surface area contributed by atoms with Gasteiger partial charge in [0.05, 0.1) is 17.0 Å². The molecule has 2 atom stereocenters. The first-order valence-electron chi connectivity index (χ1n) is 6.57. The molecule has 2 unspecified atom stereocenters. The fourth-order valence-electron chi connectivity index (χ4n) is 2.47. The van der Waals surface area contributed by atoms with Crippen molar-refractivity contribution in [1.29, 1.82) is 0 Å². The van der Waals surface area contributed by atoms with E-state index in [0.29, 0.717) is 29.3 Å². The Hall–Kier alpha value is -1.88. The van der Waals surface area contributed by atoms with Crippen molar-refractivity contribution < 1.29 is 5.11 Å². The van der Waals surface area contributed by atoms with E-state index < -0.39 is 0 Å². The van der Waals surface area contributed by atoms with E-state index in [-0.39, 0.29) is 11.7 Å². The number of fused-ring (bicyclic) bond motifs is 1. The Kier molecular flexibility index (Phi) is 2.98. The van der Waals surface area contributed by atoms with Crippen molar-refractivity contribution in [2.75, 3.05) is 18.0 Å². The van der Waals surface area contributed by atoms with Crippen LogP contribution in [0.4, 0.5) is 5.95 Å². The summed E-state index contributed by atoms with van der Waals surface area (Å²) in [5.74, 6) is 0.845. The van der Waals surface area contributed by atoms with Crippen LogP contribution in [0.25, 0.3) is 10.9 Å². The number of nitrogens with one attached hydrogen (secondary N) is 1. The van der Waals surface area contributed by atoms with Gasteiger partial charge in [-0.2, -0.15) is 0 Å². The Balaban J connectivity index is 1.99. The Morgan fingerprint density at radius 2 is 2.21 bits per heavy atom. The summed E-state index contributed by atoms with van der Waals surface area (Å²) in [6, 6.07) is 7.28.